The van der Waals surface area contributed by atoms with E-state index >= 15 is 0 Å². The van der Waals surface area contributed by atoms with Gasteiger partial charge in [0.2, 0.25) is 5.88 Å². The molecule has 2 nitrogen and oxygen atoms in total. The molecule has 1 aromatic rings. The summed E-state index contributed by atoms with van der Waals surface area (Å²) in [6.07, 6.45) is -4.12. The fourth-order valence-corrected chi connectivity index (χ4v) is 0.652. The normalized spacial score (nSPS) is 11.7. The van der Waals surface area contributed by atoms with Crippen molar-refractivity contribution in [2.45, 2.75) is 6.18 Å². The van der Waals surface area contributed by atoms with Crippen molar-refractivity contribution in [2.24, 2.45) is 0 Å². The minimum Gasteiger partial charge on any atom is -0.491 e. The summed E-state index contributed by atoms with van der Waals surface area (Å²) in [5, 5.41) is 8.48. The lowest BCUT2D eigenvalue weighted by Crippen LogP contribution is -2.08. The summed E-state index contributed by atoms with van der Waals surface area (Å²) in [6, 6.07) is 0.453. The van der Waals surface area contributed by atoms with Crippen molar-refractivity contribution in [2.75, 3.05) is 0 Å². The summed E-state index contributed by atoms with van der Waals surface area (Å²) in [5.41, 5.74) is -1.52. The van der Waals surface area contributed by atoms with Crippen molar-refractivity contribution >= 4 is 0 Å². The quantitative estimate of drug-likeness (QED) is 0.620. The molecule has 0 amide bonds. The average Bonchev–Trinajstić information content (AvgIpc) is 1.92. The van der Waals surface area contributed by atoms with E-state index < -0.39 is 23.4 Å². The van der Waals surface area contributed by atoms with Crippen LogP contribution in [-0.2, 0) is 6.18 Å². The second-order valence-corrected chi connectivity index (χ2v) is 1.99. The van der Waals surface area contributed by atoms with E-state index in [2.05, 4.69) is 4.98 Å². The maximum Gasteiger partial charge on any atom is 0.419 e. The number of hydrogen-bond donors (Lipinski definition) is 1. The number of pyridine rings is 1. The van der Waals surface area contributed by atoms with Crippen LogP contribution in [0.4, 0.5) is 17.6 Å². The van der Waals surface area contributed by atoms with E-state index in [1.54, 1.807) is 0 Å². The number of rotatable bonds is 0. The first kappa shape index (κ1) is 8.76. The van der Waals surface area contributed by atoms with E-state index in [1.165, 1.54) is 0 Å². The van der Waals surface area contributed by atoms with Crippen LogP contribution < -0.4 is 0 Å². The van der Waals surface area contributed by atoms with Crippen molar-refractivity contribution in [1.82, 2.24) is 4.98 Å². The van der Waals surface area contributed by atoms with Crippen LogP contribution in [0.15, 0.2) is 12.3 Å². The van der Waals surface area contributed by atoms with Crippen molar-refractivity contribution in [3.8, 4) is 5.88 Å². The van der Waals surface area contributed by atoms with Crippen molar-refractivity contribution in [3.63, 3.8) is 0 Å². The highest BCUT2D eigenvalue weighted by molar-refractivity contribution is 5.24. The second-order valence-electron chi connectivity index (χ2n) is 1.99. The van der Waals surface area contributed by atoms with Crippen molar-refractivity contribution in [1.29, 1.82) is 0 Å². The molecule has 0 aliphatic heterocycles. The van der Waals surface area contributed by atoms with Gasteiger partial charge in [0.15, 0.2) is 5.82 Å². The van der Waals surface area contributed by atoms with Crippen LogP contribution in [0.2, 0.25) is 0 Å². The van der Waals surface area contributed by atoms with Gasteiger partial charge in [-0.3, -0.25) is 0 Å². The Hall–Kier alpha value is -1.33. The molecule has 0 aliphatic carbocycles. The average molecular weight is 181 g/mol. The fourth-order valence-electron chi connectivity index (χ4n) is 0.652. The number of alkyl halides is 3. The first-order valence-electron chi connectivity index (χ1n) is 2.83. The van der Waals surface area contributed by atoms with Gasteiger partial charge in [-0.25, -0.2) is 9.37 Å². The van der Waals surface area contributed by atoms with E-state index in [-0.39, 0.29) is 0 Å². The van der Waals surface area contributed by atoms with E-state index in [9.17, 15) is 17.6 Å². The zero-order valence-corrected chi connectivity index (χ0v) is 5.56. The predicted octanol–water partition coefficient (Wildman–Crippen LogP) is 1.95. The highest BCUT2D eigenvalue weighted by Crippen LogP contribution is 2.32. The molecule has 0 saturated heterocycles. The molecule has 0 atom stereocenters. The molecule has 1 aromatic heterocycles. The van der Waals surface area contributed by atoms with Crippen LogP contribution in [0.5, 0.6) is 5.88 Å². The lowest BCUT2D eigenvalue weighted by molar-refractivity contribution is -0.140. The molecule has 0 saturated carbocycles. The minimum absolute atomic E-state index is 0.453. The third-order valence-electron chi connectivity index (χ3n) is 1.18. The summed E-state index contributed by atoms with van der Waals surface area (Å²) < 4.78 is 48.0. The lowest BCUT2D eigenvalue weighted by atomic mass is 10.2. The van der Waals surface area contributed by atoms with Gasteiger partial charge in [-0.05, 0) is 6.07 Å². The first-order chi connectivity index (χ1) is 5.43. The molecule has 6 heteroatoms. The van der Waals surface area contributed by atoms with Gasteiger partial charge >= 0.3 is 6.18 Å². The van der Waals surface area contributed by atoms with Gasteiger partial charge < -0.3 is 5.11 Å². The molecule has 0 bridgehead atoms. The number of nitrogens with zero attached hydrogens (tertiary/aromatic N) is 1. The first-order valence-corrected chi connectivity index (χ1v) is 2.83. The Bertz CT molecular complexity index is 296. The SMILES string of the molecule is Oc1nccc(C(F)(F)F)c1F. The van der Waals surface area contributed by atoms with Crippen LogP contribution in [0, 0.1) is 5.82 Å². The minimum atomic E-state index is -4.80. The van der Waals surface area contributed by atoms with E-state index in [0.717, 1.165) is 0 Å². The van der Waals surface area contributed by atoms with Gasteiger partial charge in [-0.1, -0.05) is 0 Å². The number of halogens is 4. The summed E-state index contributed by atoms with van der Waals surface area (Å²) in [5.74, 6) is -2.99. The maximum atomic E-state index is 12.5. The Labute approximate surface area is 64.5 Å². The molecule has 66 valence electrons. The van der Waals surface area contributed by atoms with Gasteiger partial charge in [-0.2, -0.15) is 13.2 Å². The highest BCUT2D eigenvalue weighted by Gasteiger charge is 2.35. The fraction of sp³-hybridized carbons (Fsp3) is 0.167. The van der Waals surface area contributed by atoms with Gasteiger partial charge in [0.1, 0.15) is 0 Å². The third kappa shape index (κ3) is 1.46. The Morgan fingerprint density at radius 2 is 1.92 bits per heavy atom. The summed E-state index contributed by atoms with van der Waals surface area (Å²) in [4.78, 5) is 2.93. The molecule has 0 fully saturated rings. The van der Waals surface area contributed by atoms with Crippen LogP contribution in [0.3, 0.4) is 0 Å². The van der Waals surface area contributed by atoms with Gasteiger partial charge in [0.05, 0.1) is 5.56 Å². The molecule has 1 rings (SSSR count). The number of aromatic hydroxyl groups is 1. The zero-order valence-electron chi connectivity index (χ0n) is 5.56. The molecular weight excluding hydrogens is 178 g/mol. The Balaban J connectivity index is 3.26. The molecule has 0 aromatic carbocycles. The van der Waals surface area contributed by atoms with Crippen LogP contribution in [-0.4, -0.2) is 10.1 Å². The van der Waals surface area contributed by atoms with Crippen LogP contribution in [0.1, 0.15) is 5.56 Å². The molecule has 0 aliphatic rings. The Morgan fingerprint density at radius 1 is 1.33 bits per heavy atom. The molecule has 0 radical (unpaired) electrons. The largest absolute Gasteiger partial charge is 0.491 e. The van der Waals surface area contributed by atoms with Crippen molar-refractivity contribution in [3.05, 3.63) is 23.6 Å². The van der Waals surface area contributed by atoms with Crippen LogP contribution >= 0.6 is 0 Å². The number of hydrogen-bond acceptors (Lipinski definition) is 2. The van der Waals surface area contributed by atoms with Crippen molar-refractivity contribution < 1.29 is 22.7 Å². The molecule has 1 N–H and O–H groups in total. The van der Waals surface area contributed by atoms with E-state index in [0.29, 0.717) is 12.3 Å². The highest BCUT2D eigenvalue weighted by atomic mass is 19.4. The maximum absolute atomic E-state index is 12.5. The summed E-state index contributed by atoms with van der Waals surface area (Å²) in [6.45, 7) is 0. The third-order valence-corrected chi connectivity index (χ3v) is 1.18. The van der Waals surface area contributed by atoms with Crippen LogP contribution in [0.25, 0.3) is 0 Å². The monoisotopic (exact) mass is 181 g/mol. The van der Waals surface area contributed by atoms with Gasteiger partial charge in [0.25, 0.3) is 0 Å². The summed E-state index contributed by atoms with van der Waals surface area (Å²) in [7, 11) is 0. The second kappa shape index (κ2) is 2.62. The van der Waals surface area contributed by atoms with Gasteiger partial charge in [0, 0.05) is 6.20 Å². The predicted molar refractivity (Wildman–Crippen MR) is 30.9 cm³/mol. The standard InChI is InChI=1S/C6H3F4NO/c7-4-3(6(8,9)10)1-2-11-5(4)12/h1-2H,(H,11,12). The zero-order chi connectivity index (χ0) is 9.35. The van der Waals surface area contributed by atoms with E-state index in [4.69, 9.17) is 5.11 Å². The molecule has 12 heavy (non-hydrogen) atoms. The lowest BCUT2D eigenvalue weighted by Gasteiger charge is -2.06. The van der Waals surface area contributed by atoms with Gasteiger partial charge in [-0.15, -0.1) is 0 Å². The van der Waals surface area contributed by atoms with E-state index in [1.807, 2.05) is 0 Å². The molecule has 0 spiro atoms. The molecule has 0 unspecified atom stereocenters. The topological polar surface area (TPSA) is 33.1 Å². The summed E-state index contributed by atoms with van der Waals surface area (Å²) >= 11 is 0. The molecular formula is C6H3F4NO. The number of aromatic nitrogens is 1. The Morgan fingerprint density at radius 3 is 2.33 bits per heavy atom. The Kier molecular flexibility index (Phi) is 1.91. The smallest absolute Gasteiger partial charge is 0.419 e. The molecule has 1 heterocycles.